The van der Waals surface area contributed by atoms with Gasteiger partial charge in [0.2, 0.25) is 0 Å². The summed E-state index contributed by atoms with van der Waals surface area (Å²) in [5.74, 6) is 1.44. The number of ether oxygens (including phenoxy) is 1. The Balaban J connectivity index is 1.92. The maximum absolute atomic E-state index is 13.2. The van der Waals surface area contributed by atoms with Crippen LogP contribution in [0, 0.1) is 5.92 Å². The number of rotatable bonds is 10. The molecule has 34 heavy (non-hydrogen) atoms. The minimum absolute atomic E-state index is 0.250. The highest BCUT2D eigenvalue weighted by Gasteiger charge is 2.21. The van der Waals surface area contributed by atoms with Crippen molar-refractivity contribution >= 4 is 32.8 Å². The summed E-state index contributed by atoms with van der Waals surface area (Å²) >= 11 is 0. The number of fused-ring (bicyclic) bond motifs is 1. The Labute approximate surface area is 200 Å². The molecule has 1 aromatic carbocycles. The molecule has 0 bridgehead atoms. The molecule has 0 aliphatic rings. The van der Waals surface area contributed by atoms with E-state index in [9.17, 15) is 13.2 Å². The molecule has 11 heteroatoms. The first-order valence-electron chi connectivity index (χ1n) is 11.0. The molecule has 0 saturated carbocycles. The third-order valence-electron chi connectivity index (χ3n) is 5.15. The molecule has 1 atom stereocenters. The predicted octanol–water partition coefficient (Wildman–Crippen LogP) is 2.58. The van der Waals surface area contributed by atoms with Crippen molar-refractivity contribution in [2.75, 3.05) is 25.4 Å². The Morgan fingerprint density at radius 2 is 1.97 bits per heavy atom. The van der Waals surface area contributed by atoms with Crippen LogP contribution in [-0.2, 0) is 23.7 Å². The molecular weight excluding hydrogens is 456 g/mol. The molecule has 0 unspecified atom stereocenters. The molecule has 2 heterocycles. The van der Waals surface area contributed by atoms with Crippen LogP contribution in [0.2, 0.25) is 0 Å². The smallest absolute Gasteiger partial charge is 0.301 e. The summed E-state index contributed by atoms with van der Waals surface area (Å²) in [7, 11) is 0.969. The highest BCUT2D eigenvalue weighted by Crippen LogP contribution is 2.26. The van der Waals surface area contributed by atoms with Gasteiger partial charge >= 0.3 is 10.2 Å². The van der Waals surface area contributed by atoms with Gasteiger partial charge in [0.05, 0.1) is 35.0 Å². The fourth-order valence-electron chi connectivity index (χ4n) is 3.44. The lowest BCUT2D eigenvalue weighted by molar-refractivity contribution is 0.0933. The largest absolute Gasteiger partial charge is 0.487 e. The second-order valence-corrected chi connectivity index (χ2v) is 10.7. The van der Waals surface area contributed by atoms with E-state index >= 15 is 0 Å². The zero-order valence-corrected chi connectivity index (χ0v) is 21.2. The number of carbonyl (C=O) groups excluding carboxylic acids is 1. The Hall–Kier alpha value is -3.18. The molecule has 0 aliphatic heterocycles. The molecule has 0 saturated heterocycles. The molecule has 3 aromatic rings. The van der Waals surface area contributed by atoms with E-state index in [2.05, 4.69) is 33.9 Å². The summed E-state index contributed by atoms with van der Waals surface area (Å²) in [6, 6.07) is 6.74. The van der Waals surface area contributed by atoms with Gasteiger partial charge in [-0.15, -0.1) is 0 Å². The van der Waals surface area contributed by atoms with Crippen molar-refractivity contribution in [3.8, 4) is 5.75 Å². The summed E-state index contributed by atoms with van der Waals surface area (Å²) in [5.41, 5.74) is 1.77. The van der Waals surface area contributed by atoms with Gasteiger partial charge in [-0.05, 0) is 37.1 Å². The summed E-state index contributed by atoms with van der Waals surface area (Å²) in [5, 5.41) is 2.89. The van der Waals surface area contributed by atoms with Gasteiger partial charge in [0, 0.05) is 33.8 Å². The van der Waals surface area contributed by atoms with Gasteiger partial charge in [-0.2, -0.15) is 12.7 Å². The highest BCUT2D eigenvalue weighted by molar-refractivity contribution is 7.90. The normalized spacial score (nSPS) is 12.8. The van der Waals surface area contributed by atoms with Crippen LogP contribution in [0.1, 0.15) is 37.0 Å². The Kier molecular flexibility index (Phi) is 7.78. The predicted molar refractivity (Wildman–Crippen MR) is 132 cm³/mol. The number of hydrogen-bond donors (Lipinski definition) is 2. The molecule has 3 rings (SSSR count). The number of aryl methyl sites for hydroxylation is 1. The zero-order chi connectivity index (χ0) is 25.0. The Morgan fingerprint density at radius 1 is 1.24 bits per heavy atom. The van der Waals surface area contributed by atoms with E-state index in [-0.39, 0.29) is 24.2 Å². The number of anilines is 1. The third kappa shape index (κ3) is 6.03. The molecule has 2 N–H and O–H groups in total. The molecular formula is C23H32N6O4S. The van der Waals surface area contributed by atoms with Crippen molar-refractivity contribution in [3.63, 3.8) is 0 Å². The van der Waals surface area contributed by atoms with Crippen LogP contribution in [0.4, 0.5) is 5.69 Å². The summed E-state index contributed by atoms with van der Waals surface area (Å²) in [6.07, 6.45) is 3.68. The first kappa shape index (κ1) is 25.4. The van der Waals surface area contributed by atoms with E-state index in [0.717, 1.165) is 16.6 Å². The molecule has 0 fully saturated rings. The second kappa shape index (κ2) is 10.4. The summed E-state index contributed by atoms with van der Waals surface area (Å²) in [6.45, 7) is 6.27. The number of imidazole rings is 1. The molecule has 184 valence electrons. The van der Waals surface area contributed by atoms with Gasteiger partial charge in [-0.25, -0.2) is 4.98 Å². The molecule has 2 aromatic heterocycles. The summed E-state index contributed by atoms with van der Waals surface area (Å²) < 4.78 is 36.0. The SMILES string of the molecule is CC(C)Cc1nc2cc(NS(=O)(=O)N(C)C)cc(C(=O)NC[C@@H](C)Oc3cccnc3)c2n1C. The van der Waals surface area contributed by atoms with Gasteiger partial charge in [-0.1, -0.05) is 13.8 Å². The van der Waals surface area contributed by atoms with Gasteiger partial charge < -0.3 is 14.6 Å². The maximum Gasteiger partial charge on any atom is 0.301 e. The second-order valence-electron chi connectivity index (χ2n) is 8.79. The van der Waals surface area contributed by atoms with Crippen LogP contribution < -0.4 is 14.8 Å². The molecule has 10 nitrogen and oxygen atoms in total. The van der Waals surface area contributed by atoms with Crippen LogP contribution >= 0.6 is 0 Å². The lowest BCUT2D eigenvalue weighted by atomic mass is 10.1. The summed E-state index contributed by atoms with van der Waals surface area (Å²) in [4.78, 5) is 21.9. The van der Waals surface area contributed by atoms with Crippen LogP contribution in [0.15, 0.2) is 36.7 Å². The number of carbonyl (C=O) groups is 1. The van der Waals surface area contributed by atoms with Gasteiger partial charge in [0.1, 0.15) is 17.7 Å². The third-order valence-corrected chi connectivity index (χ3v) is 6.60. The van der Waals surface area contributed by atoms with Crippen LogP contribution in [0.25, 0.3) is 11.0 Å². The van der Waals surface area contributed by atoms with Crippen LogP contribution in [-0.4, -0.2) is 59.9 Å². The van der Waals surface area contributed by atoms with Crippen molar-refractivity contribution in [1.82, 2.24) is 24.2 Å². The topological polar surface area (TPSA) is 118 Å². The number of benzene rings is 1. The van der Waals surface area contributed by atoms with Crippen molar-refractivity contribution in [2.45, 2.75) is 33.3 Å². The first-order valence-corrected chi connectivity index (χ1v) is 12.5. The van der Waals surface area contributed by atoms with Gasteiger partial charge in [0.15, 0.2) is 0 Å². The zero-order valence-electron chi connectivity index (χ0n) is 20.4. The van der Waals surface area contributed by atoms with Crippen molar-refractivity contribution in [1.29, 1.82) is 0 Å². The van der Waals surface area contributed by atoms with E-state index in [1.54, 1.807) is 30.6 Å². The van der Waals surface area contributed by atoms with E-state index in [4.69, 9.17) is 4.74 Å². The average molecular weight is 489 g/mol. The molecule has 0 radical (unpaired) electrons. The minimum atomic E-state index is -3.75. The maximum atomic E-state index is 13.2. The fourth-order valence-corrected chi connectivity index (χ4v) is 4.04. The lowest BCUT2D eigenvalue weighted by Crippen LogP contribution is -2.34. The Morgan fingerprint density at radius 3 is 2.59 bits per heavy atom. The molecule has 1 amide bonds. The lowest BCUT2D eigenvalue weighted by Gasteiger charge is -2.17. The van der Waals surface area contributed by atoms with Gasteiger partial charge in [-0.3, -0.25) is 14.5 Å². The van der Waals surface area contributed by atoms with Crippen LogP contribution in [0.3, 0.4) is 0 Å². The quantitative estimate of drug-likeness (QED) is 0.453. The number of nitrogens with one attached hydrogen (secondary N) is 2. The fraction of sp³-hybridized carbons (Fsp3) is 0.435. The minimum Gasteiger partial charge on any atom is -0.487 e. The van der Waals surface area contributed by atoms with Crippen molar-refractivity contribution in [3.05, 3.63) is 48.0 Å². The Bertz CT molecular complexity index is 1260. The monoisotopic (exact) mass is 488 g/mol. The molecule has 0 spiro atoms. The van der Waals surface area contributed by atoms with Crippen molar-refractivity contribution in [2.24, 2.45) is 13.0 Å². The number of aromatic nitrogens is 3. The van der Waals surface area contributed by atoms with E-state index in [1.807, 2.05) is 18.5 Å². The number of hydrogen-bond acceptors (Lipinski definition) is 6. The standard InChI is InChI=1S/C23H32N6O4S/c1-15(2)10-21-26-20-12-17(27-34(31,32)28(4)5)11-19(22(20)29(21)6)23(30)25-13-16(3)33-18-8-7-9-24-14-18/h7-9,11-12,14-16,27H,10,13H2,1-6H3,(H,25,30)/t16-/m1/s1. The number of pyridine rings is 1. The van der Waals surface area contributed by atoms with Crippen LogP contribution in [0.5, 0.6) is 5.75 Å². The molecule has 0 aliphatic carbocycles. The van der Waals surface area contributed by atoms with E-state index < -0.39 is 10.2 Å². The van der Waals surface area contributed by atoms with E-state index in [1.165, 1.54) is 20.2 Å². The van der Waals surface area contributed by atoms with Crippen molar-refractivity contribution < 1.29 is 17.9 Å². The number of nitrogens with zero attached hydrogens (tertiary/aromatic N) is 4. The highest BCUT2D eigenvalue weighted by atomic mass is 32.2. The number of amides is 1. The average Bonchev–Trinajstić information content (AvgIpc) is 3.06. The van der Waals surface area contributed by atoms with E-state index in [0.29, 0.717) is 28.3 Å². The first-order chi connectivity index (χ1) is 16.0. The van der Waals surface area contributed by atoms with Gasteiger partial charge in [0.25, 0.3) is 5.91 Å².